The van der Waals surface area contributed by atoms with Crippen LogP contribution in [-0.2, 0) is 4.79 Å². The molecule has 1 aliphatic carbocycles. The molecule has 3 heteroatoms. The van der Waals surface area contributed by atoms with Gasteiger partial charge in [0.25, 0.3) is 0 Å². The molecular weight excluding hydrogens is 272 g/mol. The Kier molecular flexibility index (Phi) is 4.16. The monoisotopic (exact) mass is 296 g/mol. The zero-order valence-corrected chi connectivity index (χ0v) is 13.5. The summed E-state index contributed by atoms with van der Waals surface area (Å²) in [6.07, 6.45) is 1.90. The van der Waals surface area contributed by atoms with Crippen molar-refractivity contribution in [2.45, 2.75) is 31.8 Å². The fraction of sp³-hybridized carbons (Fsp3) is 0.421. The van der Waals surface area contributed by atoms with Crippen molar-refractivity contribution in [2.24, 2.45) is 5.92 Å². The van der Waals surface area contributed by atoms with Gasteiger partial charge in [-0.15, -0.1) is 0 Å². The largest absolute Gasteiger partial charge is 0.349 e. The summed E-state index contributed by atoms with van der Waals surface area (Å²) in [5, 5.41) is 6.27. The normalized spacial score (nSPS) is 22.1. The van der Waals surface area contributed by atoms with Crippen LogP contribution < -0.4 is 5.32 Å². The van der Waals surface area contributed by atoms with Gasteiger partial charge in [0.2, 0.25) is 5.91 Å². The molecule has 2 aromatic carbocycles. The number of nitrogens with zero attached hydrogens (tertiary/aromatic N) is 1. The molecule has 1 amide bonds. The minimum absolute atomic E-state index is 0.201. The Balaban J connectivity index is 1.66. The molecular formula is C19H24N2O. The topological polar surface area (TPSA) is 32.3 Å². The lowest BCUT2D eigenvalue weighted by Gasteiger charge is -2.38. The van der Waals surface area contributed by atoms with Crippen LogP contribution in [0.4, 0.5) is 0 Å². The molecule has 3 nitrogen and oxygen atoms in total. The van der Waals surface area contributed by atoms with Crippen LogP contribution in [0.15, 0.2) is 42.5 Å². The first-order chi connectivity index (χ1) is 10.6. The van der Waals surface area contributed by atoms with Gasteiger partial charge in [0.15, 0.2) is 0 Å². The van der Waals surface area contributed by atoms with Gasteiger partial charge in [-0.1, -0.05) is 42.5 Å². The lowest BCUT2D eigenvalue weighted by Crippen LogP contribution is -2.47. The Labute approximate surface area is 132 Å². The maximum atomic E-state index is 11.9. The standard InChI is InChI=1S/C19H24N2O/c1-13(20-16-11-15(12-16)19(22)21(2)3)17-10-6-8-14-7-4-5-9-18(14)17/h4-10,13,15-16,20H,11-12H2,1-3H3/t13-,15?,16?/m1/s1. The van der Waals surface area contributed by atoms with Crippen LogP contribution in [0.25, 0.3) is 10.8 Å². The zero-order chi connectivity index (χ0) is 15.7. The minimum atomic E-state index is 0.201. The van der Waals surface area contributed by atoms with Crippen molar-refractivity contribution < 1.29 is 4.79 Å². The molecule has 1 fully saturated rings. The van der Waals surface area contributed by atoms with E-state index in [1.54, 1.807) is 4.90 Å². The van der Waals surface area contributed by atoms with Crippen molar-refractivity contribution in [3.05, 3.63) is 48.0 Å². The number of amides is 1. The van der Waals surface area contributed by atoms with Gasteiger partial charge in [0.05, 0.1) is 0 Å². The molecule has 1 atom stereocenters. The second-order valence-electron chi connectivity index (χ2n) is 6.55. The van der Waals surface area contributed by atoms with Crippen molar-refractivity contribution in [1.82, 2.24) is 10.2 Å². The van der Waals surface area contributed by atoms with E-state index >= 15 is 0 Å². The predicted octanol–water partition coefficient (Wildman–Crippen LogP) is 3.36. The maximum Gasteiger partial charge on any atom is 0.225 e. The number of fused-ring (bicyclic) bond motifs is 1. The first-order valence-corrected chi connectivity index (χ1v) is 8.01. The minimum Gasteiger partial charge on any atom is -0.349 e. The van der Waals surface area contributed by atoms with E-state index < -0.39 is 0 Å². The van der Waals surface area contributed by atoms with Crippen molar-refractivity contribution in [1.29, 1.82) is 0 Å². The molecule has 3 rings (SSSR count). The fourth-order valence-corrected chi connectivity index (χ4v) is 3.39. The molecule has 2 aromatic rings. The molecule has 22 heavy (non-hydrogen) atoms. The average Bonchev–Trinajstić information content (AvgIpc) is 2.49. The molecule has 0 heterocycles. The summed E-state index contributed by atoms with van der Waals surface area (Å²) in [6, 6.07) is 15.7. The Morgan fingerprint density at radius 1 is 1.14 bits per heavy atom. The van der Waals surface area contributed by atoms with E-state index in [0.29, 0.717) is 12.1 Å². The second-order valence-corrected chi connectivity index (χ2v) is 6.55. The van der Waals surface area contributed by atoms with Crippen molar-refractivity contribution in [3.63, 3.8) is 0 Å². The third-order valence-electron chi connectivity index (χ3n) is 4.70. The van der Waals surface area contributed by atoms with Crippen LogP contribution in [0.5, 0.6) is 0 Å². The van der Waals surface area contributed by atoms with Gasteiger partial charge < -0.3 is 10.2 Å². The molecule has 0 saturated heterocycles. The summed E-state index contributed by atoms with van der Waals surface area (Å²) in [6.45, 7) is 2.21. The van der Waals surface area contributed by atoms with Gasteiger partial charge in [-0.3, -0.25) is 4.79 Å². The molecule has 116 valence electrons. The van der Waals surface area contributed by atoms with E-state index in [1.165, 1.54) is 16.3 Å². The molecule has 0 spiro atoms. The lowest BCUT2D eigenvalue weighted by atomic mass is 9.78. The fourth-order valence-electron chi connectivity index (χ4n) is 3.39. The molecule has 1 N–H and O–H groups in total. The summed E-state index contributed by atoms with van der Waals surface area (Å²) in [4.78, 5) is 13.6. The third-order valence-corrected chi connectivity index (χ3v) is 4.70. The SMILES string of the molecule is C[C@@H](NC1CC(C(=O)N(C)C)C1)c1cccc2ccccc12. The summed E-state index contributed by atoms with van der Waals surface area (Å²) in [5.74, 6) is 0.461. The van der Waals surface area contributed by atoms with Crippen LogP contribution >= 0.6 is 0 Å². The Morgan fingerprint density at radius 3 is 2.55 bits per heavy atom. The Morgan fingerprint density at radius 2 is 1.82 bits per heavy atom. The van der Waals surface area contributed by atoms with E-state index in [0.717, 1.165) is 12.8 Å². The van der Waals surface area contributed by atoms with Crippen LogP contribution in [0.2, 0.25) is 0 Å². The number of nitrogens with one attached hydrogen (secondary N) is 1. The van der Waals surface area contributed by atoms with Gasteiger partial charge in [-0.25, -0.2) is 0 Å². The first-order valence-electron chi connectivity index (χ1n) is 8.01. The molecule has 1 aliphatic rings. The number of hydrogen-bond acceptors (Lipinski definition) is 2. The number of carbonyl (C=O) groups is 1. The Hall–Kier alpha value is -1.87. The number of carbonyl (C=O) groups excluding carboxylic acids is 1. The first kappa shape index (κ1) is 15.0. The van der Waals surface area contributed by atoms with Crippen LogP contribution in [0.3, 0.4) is 0 Å². The summed E-state index contributed by atoms with van der Waals surface area (Å²) < 4.78 is 0. The van der Waals surface area contributed by atoms with Crippen molar-refractivity contribution in [2.75, 3.05) is 14.1 Å². The molecule has 0 aromatic heterocycles. The van der Waals surface area contributed by atoms with Crippen LogP contribution in [-0.4, -0.2) is 30.9 Å². The quantitative estimate of drug-likeness (QED) is 0.938. The molecule has 0 radical (unpaired) electrons. The van der Waals surface area contributed by atoms with Gasteiger partial charge in [0, 0.05) is 32.1 Å². The smallest absolute Gasteiger partial charge is 0.225 e. The summed E-state index contributed by atoms with van der Waals surface area (Å²) in [5.41, 5.74) is 1.33. The van der Waals surface area contributed by atoms with E-state index in [1.807, 2.05) is 14.1 Å². The van der Waals surface area contributed by atoms with E-state index in [4.69, 9.17) is 0 Å². The Bertz CT molecular complexity index is 669. The van der Waals surface area contributed by atoms with Crippen LogP contribution in [0, 0.1) is 5.92 Å². The molecule has 0 bridgehead atoms. The highest BCUT2D eigenvalue weighted by atomic mass is 16.2. The number of hydrogen-bond donors (Lipinski definition) is 1. The number of rotatable bonds is 4. The predicted molar refractivity (Wildman–Crippen MR) is 90.7 cm³/mol. The zero-order valence-electron chi connectivity index (χ0n) is 13.5. The maximum absolute atomic E-state index is 11.9. The third kappa shape index (κ3) is 2.86. The van der Waals surface area contributed by atoms with Gasteiger partial charge in [-0.05, 0) is 36.1 Å². The highest BCUT2D eigenvalue weighted by Crippen LogP contribution is 2.32. The molecule has 0 aliphatic heterocycles. The highest BCUT2D eigenvalue weighted by Gasteiger charge is 2.35. The second kappa shape index (κ2) is 6.09. The van der Waals surface area contributed by atoms with E-state index in [9.17, 15) is 4.79 Å². The van der Waals surface area contributed by atoms with E-state index in [-0.39, 0.29) is 11.8 Å². The molecule has 0 unspecified atom stereocenters. The van der Waals surface area contributed by atoms with Gasteiger partial charge in [-0.2, -0.15) is 0 Å². The highest BCUT2D eigenvalue weighted by molar-refractivity contribution is 5.86. The van der Waals surface area contributed by atoms with Gasteiger partial charge in [0.1, 0.15) is 0 Å². The molecule has 1 saturated carbocycles. The van der Waals surface area contributed by atoms with E-state index in [2.05, 4.69) is 54.7 Å². The number of benzene rings is 2. The summed E-state index contributed by atoms with van der Waals surface area (Å²) in [7, 11) is 3.67. The van der Waals surface area contributed by atoms with Gasteiger partial charge >= 0.3 is 0 Å². The van der Waals surface area contributed by atoms with Crippen molar-refractivity contribution >= 4 is 16.7 Å². The summed E-state index contributed by atoms with van der Waals surface area (Å²) >= 11 is 0. The average molecular weight is 296 g/mol. The van der Waals surface area contributed by atoms with Crippen molar-refractivity contribution in [3.8, 4) is 0 Å². The van der Waals surface area contributed by atoms with Crippen LogP contribution in [0.1, 0.15) is 31.4 Å². The lowest BCUT2D eigenvalue weighted by molar-refractivity contribution is -0.136.